The standard InChI is InChI=1S/C15H11FN4/c1-9-6-15(11(7-17)10(2)19-9)20-14-5-3-4-13(16)12(14)8-18/h3-6H,1-2H3,(H,19,20). The molecule has 1 heterocycles. The lowest BCUT2D eigenvalue weighted by Gasteiger charge is -2.12. The van der Waals surface area contributed by atoms with Crippen molar-refractivity contribution < 1.29 is 4.39 Å². The third kappa shape index (κ3) is 2.43. The number of aryl methyl sites for hydroxylation is 2. The molecule has 1 N–H and O–H groups in total. The first kappa shape index (κ1) is 13.5. The fourth-order valence-electron chi connectivity index (χ4n) is 1.96. The molecule has 0 aliphatic rings. The molecular formula is C15H11FN4. The van der Waals surface area contributed by atoms with Crippen LogP contribution in [0.2, 0.25) is 0 Å². The summed E-state index contributed by atoms with van der Waals surface area (Å²) in [5, 5.41) is 21.1. The first-order valence-corrected chi connectivity index (χ1v) is 5.90. The van der Waals surface area contributed by atoms with Crippen LogP contribution in [0.15, 0.2) is 24.3 Å². The highest BCUT2D eigenvalue weighted by Gasteiger charge is 2.12. The Balaban J connectivity index is 2.55. The van der Waals surface area contributed by atoms with Crippen LogP contribution in [0.1, 0.15) is 22.5 Å². The number of nitrogens with zero attached hydrogens (tertiary/aromatic N) is 3. The van der Waals surface area contributed by atoms with E-state index in [1.807, 2.05) is 6.07 Å². The number of rotatable bonds is 2. The molecule has 0 saturated carbocycles. The van der Waals surface area contributed by atoms with E-state index in [0.717, 1.165) is 5.69 Å². The fraction of sp³-hybridized carbons (Fsp3) is 0.133. The van der Waals surface area contributed by atoms with E-state index in [0.29, 0.717) is 22.6 Å². The van der Waals surface area contributed by atoms with Crippen molar-refractivity contribution in [1.82, 2.24) is 4.98 Å². The van der Waals surface area contributed by atoms with Gasteiger partial charge in [0.15, 0.2) is 0 Å². The zero-order chi connectivity index (χ0) is 14.7. The van der Waals surface area contributed by atoms with E-state index < -0.39 is 5.82 Å². The van der Waals surface area contributed by atoms with Gasteiger partial charge in [-0.15, -0.1) is 0 Å². The van der Waals surface area contributed by atoms with Gasteiger partial charge < -0.3 is 5.32 Å². The number of aromatic nitrogens is 1. The molecule has 0 spiro atoms. The van der Waals surface area contributed by atoms with Gasteiger partial charge in [0.25, 0.3) is 0 Å². The lowest BCUT2D eigenvalue weighted by atomic mass is 10.1. The van der Waals surface area contributed by atoms with Crippen molar-refractivity contribution in [1.29, 1.82) is 10.5 Å². The Morgan fingerprint density at radius 3 is 2.45 bits per heavy atom. The van der Waals surface area contributed by atoms with Crippen LogP contribution in [-0.2, 0) is 0 Å². The monoisotopic (exact) mass is 266 g/mol. The van der Waals surface area contributed by atoms with Crippen LogP contribution in [0.4, 0.5) is 15.8 Å². The summed E-state index contributed by atoms with van der Waals surface area (Å²) in [7, 11) is 0. The Bertz CT molecular complexity index is 754. The smallest absolute Gasteiger partial charge is 0.143 e. The second kappa shape index (κ2) is 5.38. The fourth-order valence-corrected chi connectivity index (χ4v) is 1.96. The quantitative estimate of drug-likeness (QED) is 0.904. The highest BCUT2D eigenvalue weighted by Crippen LogP contribution is 2.26. The number of pyridine rings is 1. The van der Waals surface area contributed by atoms with E-state index in [2.05, 4.69) is 16.4 Å². The minimum absolute atomic E-state index is 0.0801. The molecular weight excluding hydrogens is 255 g/mol. The summed E-state index contributed by atoms with van der Waals surface area (Å²) in [6.45, 7) is 3.53. The molecule has 1 aromatic carbocycles. The number of benzene rings is 1. The topological polar surface area (TPSA) is 72.5 Å². The highest BCUT2D eigenvalue weighted by atomic mass is 19.1. The van der Waals surface area contributed by atoms with Gasteiger partial charge in [-0.1, -0.05) is 6.07 Å². The molecule has 2 aromatic rings. The summed E-state index contributed by atoms with van der Waals surface area (Å²) in [4.78, 5) is 4.21. The summed E-state index contributed by atoms with van der Waals surface area (Å²) in [6, 6.07) is 9.89. The van der Waals surface area contributed by atoms with E-state index in [-0.39, 0.29) is 5.56 Å². The predicted octanol–water partition coefficient (Wildman–Crippen LogP) is 3.32. The summed E-state index contributed by atoms with van der Waals surface area (Å²) in [6.07, 6.45) is 0. The molecule has 0 amide bonds. The zero-order valence-electron chi connectivity index (χ0n) is 11.0. The van der Waals surface area contributed by atoms with Gasteiger partial charge in [0, 0.05) is 5.69 Å². The van der Waals surface area contributed by atoms with Crippen molar-refractivity contribution in [2.45, 2.75) is 13.8 Å². The van der Waals surface area contributed by atoms with Crippen LogP contribution in [-0.4, -0.2) is 4.98 Å². The van der Waals surface area contributed by atoms with E-state index in [9.17, 15) is 9.65 Å². The summed E-state index contributed by atoms with van der Waals surface area (Å²) < 4.78 is 13.6. The molecule has 0 aliphatic heterocycles. The van der Waals surface area contributed by atoms with Crippen LogP contribution in [0.5, 0.6) is 0 Å². The van der Waals surface area contributed by atoms with Crippen molar-refractivity contribution in [3.05, 3.63) is 52.6 Å². The van der Waals surface area contributed by atoms with Gasteiger partial charge >= 0.3 is 0 Å². The molecule has 0 unspecified atom stereocenters. The third-order valence-corrected chi connectivity index (χ3v) is 2.83. The Kier molecular flexibility index (Phi) is 3.63. The molecule has 0 radical (unpaired) electrons. The normalized spacial score (nSPS) is 9.65. The van der Waals surface area contributed by atoms with Gasteiger partial charge in [0.2, 0.25) is 0 Å². The molecule has 0 aliphatic carbocycles. The Morgan fingerprint density at radius 2 is 1.80 bits per heavy atom. The predicted molar refractivity (Wildman–Crippen MR) is 72.8 cm³/mol. The maximum atomic E-state index is 13.6. The maximum absolute atomic E-state index is 13.6. The Labute approximate surface area is 116 Å². The van der Waals surface area contributed by atoms with Gasteiger partial charge in [-0.3, -0.25) is 4.98 Å². The van der Waals surface area contributed by atoms with E-state index >= 15 is 0 Å². The lowest BCUT2D eigenvalue weighted by Crippen LogP contribution is -2.01. The van der Waals surface area contributed by atoms with Gasteiger partial charge in [-0.05, 0) is 32.0 Å². The average molecular weight is 266 g/mol. The lowest BCUT2D eigenvalue weighted by molar-refractivity contribution is 0.624. The van der Waals surface area contributed by atoms with E-state index in [4.69, 9.17) is 5.26 Å². The molecule has 5 heteroatoms. The molecule has 0 bridgehead atoms. The number of anilines is 2. The van der Waals surface area contributed by atoms with Crippen molar-refractivity contribution in [2.75, 3.05) is 5.32 Å². The molecule has 0 atom stereocenters. The van der Waals surface area contributed by atoms with E-state index in [1.54, 1.807) is 26.0 Å². The van der Waals surface area contributed by atoms with E-state index in [1.165, 1.54) is 12.1 Å². The number of halogens is 1. The molecule has 0 saturated heterocycles. The highest BCUT2D eigenvalue weighted by molar-refractivity contribution is 5.71. The summed E-state index contributed by atoms with van der Waals surface area (Å²) in [5.41, 5.74) is 2.46. The summed E-state index contributed by atoms with van der Waals surface area (Å²) >= 11 is 0. The minimum atomic E-state index is -0.599. The number of nitrogens with one attached hydrogen (secondary N) is 1. The SMILES string of the molecule is Cc1cc(Nc2cccc(F)c2C#N)c(C#N)c(C)n1. The first-order valence-electron chi connectivity index (χ1n) is 5.90. The van der Waals surface area contributed by atoms with Crippen LogP contribution in [0.25, 0.3) is 0 Å². The number of nitriles is 2. The number of hydrogen-bond acceptors (Lipinski definition) is 4. The van der Waals surface area contributed by atoms with Crippen LogP contribution in [0, 0.1) is 42.3 Å². The average Bonchev–Trinajstić information content (AvgIpc) is 2.38. The third-order valence-electron chi connectivity index (χ3n) is 2.83. The molecule has 2 rings (SSSR count). The van der Waals surface area contributed by atoms with Crippen molar-refractivity contribution in [2.24, 2.45) is 0 Å². The molecule has 4 nitrogen and oxygen atoms in total. The number of hydrogen-bond donors (Lipinski definition) is 1. The van der Waals surface area contributed by atoms with Gasteiger partial charge in [-0.25, -0.2) is 4.39 Å². The zero-order valence-corrected chi connectivity index (χ0v) is 11.0. The molecule has 20 heavy (non-hydrogen) atoms. The second-order valence-corrected chi connectivity index (χ2v) is 4.28. The van der Waals surface area contributed by atoms with Crippen molar-refractivity contribution in [3.63, 3.8) is 0 Å². The largest absolute Gasteiger partial charge is 0.353 e. The minimum Gasteiger partial charge on any atom is -0.353 e. The van der Waals surface area contributed by atoms with Crippen molar-refractivity contribution >= 4 is 11.4 Å². The molecule has 98 valence electrons. The summed E-state index contributed by atoms with van der Waals surface area (Å²) in [5.74, 6) is -0.599. The Morgan fingerprint density at radius 1 is 1.10 bits per heavy atom. The Hall–Kier alpha value is -2.92. The molecule has 0 fully saturated rings. The first-order chi connectivity index (χ1) is 9.56. The second-order valence-electron chi connectivity index (χ2n) is 4.28. The van der Waals surface area contributed by atoms with Gasteiger partial charge in [0.1, 0.15) is 23.5 Å². The van der Waals surface area contributed by atoms with Crippen LogP contribution < -0.4 is 5.32 Å². The van der Waals surface area contributed by atoms with Crippen LogP contribution >= 0.6 is 0 Å². The van der Waals surface area contributed by atoms with Gasteiger partial charge in [0.05, 0.1) is 22.6 Å². The molecule has 1 aromatic heterocycles. The van der Waals surface area contributed by atoms with Crippen LogP contribution in [0.3, 0.4) is 0 Å². The maximum Gasteiger partial charge on any atom is 0.143 e. The van der Waals surface area contributed by atoms with Gasteiger partial charge in [-0.2, -0.15) is 10.5 Å². The van der Waals surface area contributed by atoms with Crippen molar-refractivity contribution in [3.8, 4) is 12.1 Å².